The molecule has 0 spiro atoms. The molecular formula is C13H19NO3S. The number of ether oxygens (including phenoxy) is 1. The van der Waals surface area contributed by atoms with Gasteiger partial charge in [-0.15, -0.1) is 11.3 Å². The molecule has 0 aliphatic carbocycles. The zero-order chi connectivity index (χ0) is 13.5. The van der Waals surface area contributed by atoms with Crippen LogP contribution in [-0.2, 0) is 20.7 Å². The number of methoxy groups -OCH3 is 1. The van der Waals surface area contributed by atoms with Gasteiger partial charge in [-0.2, -0.15) is 0 Å². The summed E-state index contributed by atoms with van der Waals surface area (Å²) in [7, 11) is 3.08. The van der Waals surface area contributed by atoms with Crippen molar-refractivity contribution in [2.75, 3.05) is 20.7 Å². The summed E-state index contributed by atoms with van der Waals surface area (Å²) in [5.41, 5.74) is 0. The monoisotopic (exact) mass is 269 g/mol. The zero-order valence-electron chi connectivity index (χ0n) is 11.0. The van der Waals surface area contributed by atoms with Crippen molar-refractivity contribution in [1.82, 2.24) is 4.90 Å². The lowest BCUT2D eigenvalue weighted by Crippen LogP contribution is -2.34. The molecule has 1 rings (SSSR count). The number of esters is 1. The largest absolute Gasteiger partial charge is 0.469 e. The second kappa shape index (κ2) is 7.16. The van der Waals surface area contributed by atoms with Gasteiger partial charge in [-0.25, -0.2) is 0 Å². The van der Waals surface area contributed by atoms with E-state index in [-0.39, 0.29) is 17.8 Å². The van der Waals surface area contributed by atoms with E-state index < -0.39 is 0 Å². The molecule has 1 atom stereocenters. The highest BCUT2D eigenvalue weighted by Crippen LogP contribution is 2.12. The van der Waals surface area contributed by atoms with Crippen molar-refractivity contribution in [3.05, 3.63) is 22.4 Å². The molecule has 0 saturated heterocycles. The fourth-order valence-electron chi connectivity index (χ4n) is 1.66. The van der Waals surface area contributed by atoms with Gasteiger partial charge in [-0.05, 0) is 17.9 Å². The van der Waals surface area contributed by atoms with Crippen molar-refractivity contribution in [2.24, 2.45) is 5.92 Å². The predicted octanol–water partition coefficient (Wildman–Crippen LogP) is 1.95. The number of aryl methyl sites for hydroxylation is 1. The highest BCUT2D eigenvalue weighted by atomic mass is 32.1. The summed E-state index contributed by atoms with van der Waals surface area (Å²) >= 11 is 1.65. The standard InChI is InChI=1S/C13H19NO3S/c1-10(13(16)17-3)9-14(2)12(15)7-6-11-5-4-8-18-11/h4-5,8,10H,6-7,9H2,1-3H3. The van der Waals surface area contributed by atoms with Crippen molar-refractivity contribution in [3.8, 4) is 0 Å². The lowest BCUT2D eigenvalue weighted by atomic mass is 10.1. The molecular weight excluding hydrogens is 250 g/mol. The van der Waals surface area contributed by atoms with Gasteiger partial charge >= 0.3 is 5.97 Å². The summed E-state index contributed by atoms with van der Waals surface area (Å²) in [5.74, 6) is -0.516. The minimum absolute atomic E-state index is 0.0548. The molecule has 4 nitrogen and oxygen atoms in total. The van der Waals surface area contributed by atoms with Crippen LogP contribution < -0.4 is 0 Å². The molecule has 0 fully saturated rings. The van der Waals surface area contributed by atoms with Gasteiger partial charge in [0.2, 0.25) is 5.91 Å². The van der Waals surface area contributed by atoms with Gasteiger partial charge in [0.1, 0.15) is 0 Å². The van der Waals surface area contributed by atoms with Crippen LogP contribution in [0.3, 0.4) is 0 Å². The molecule has 1 unspecified atom stereocenters. The minimum atomic E-state index is -0.286. The summed E-state index contributed by atoms with van der Waals surface area (Å²) < 4.78 is 4.64. The number of carbonyl (C=O) groups is 2. The van der Waals surface area contributed by atoms with Crippen LogP contribution in [-0.4, -0.2) is 37.5 Å². The van der Waals surface area contributed by atoms with E-state index in [0.717, 1.165) is 6.42 Å². The fraction of sp³-hybridized carbons (Fsp3) is 0.538. The number of hydrogen-bond donors (Lipinski definition) is 0. The average molecular weight is 269 g/mol. The van der Waals surface area contributed by atoms with Gasteiger partial charge < -0.3 is 9.64 Å². The Morgan fingerprint density at radius 3 is 2.78 bits per heavy atom. The average Bonchev–Trinajstić information content (AvgIpc) is 2.87. The van der Waals surface area contributed by atoms with E-state index in [1.165, 1.54) is 12.0 Å². The van der Waals surface area contributed by atoms with Gasteiger partial charge in [0.25, 0.3) is 0 Å². The molecule has 1 aromatic rings. The topological polar surface area (TPSA) is 46.6 Å². The third kappa shape index (κ3) is 4.49. The highest BCUT2D eigenvalue weighted by Gasteiger charge is 2.18. The number of rotatable bonds is 6. The Morgan fingerprint density at radius 1 is 1.50 bits per heavy atom. The number of hydrogen-bond acceptors (Lipinski definition) is 4. The summed E-state index contributed by atoms with van der Waals surface area (Å²) in [6.07, 6.45) is 1.23. The van der Waals surface area contributed by atoms with Crippen molar-refractivity contribution in [3.63, 3.8) is 0 Å². The molecule has 0 aliphatic heterocycles. The number of thiophene rings is 1. The Morgan fingerprint density at radius 2 is 2.22 bits per heavy atom. The minimum Gasteiger partial charge on any atom is -0.469 e. The lowest BCUT2D eigenvalue weighted by molar-refractivity contribution is -0.146. The van der Waals surface area contributed by atoms with E-state index in [9.17, 15) is 9.59 Å². The molecule has 1 amide bonds. The fourth-order valence-corrected chi connectivity index (χ4v) is 2.37. The van der Waals surface area contributed by atoms with E-state index in [1.54, 1.807) is 30.2 Å². The maximum absolute atomic E-state index is 11.9. The summed E-state index contributed by atoms with van der Waals surface area (Å²) in [5, 5.41) is 2.00. The van der Waals surface area contributed by atoms with E-state index >= 15 is 0 Å². The van der Waals surface area contributed by atoms with Gasteiger partial charge in [-0.1, -0.05) is 13.0 Å². The van der Waals surface area contributed by atoms with E-state index in [4.69, 9.17) is 0 Å². The van der Waals surface area contributed by atoms with Gasteiger partial charge in [0.15, 0.2) is 0 Å². The van der Waals surface area contributed by atoms with Crippen molar-refractivity contribution in [1.29, 1.82) is 0 Å². The smallest absolute Gasteiger partial charge is 0.310 e. The van der Waals surface area contributed by atoms with E-state index in [0.29, 0.717) is 13.0 Å². The van der Waals surface area contributed by atoms with Crippen molar-refractivity contribution >= 4 is 23.2 Å². The maximum atomic E-state index is 11.9. The molecule has 0 saturated carbocycles. The number of nitrogens with zero attached hydrogens (tertiary/aromatic N) is 1. The summed E-state index contributed by atoms with van der Waals surface area (Å²) in [6, 6.07) is 4.00. The summed E-state index contributed by atoms with van der Waals surface area (Å²) in [4.78, 5) is 25.9. The first-order valence-electron chi connectivity index (χ1n) is 5.88. The second-order valence-electron chi connectivity index (χ2n) is 4.28. The lowest BCUT2D eigenvalue weighted by Gasteiger charge is -2.20. The molecule has 1 aromatic heterocycles. The SMILES string of the molecule is COC(=O)C(C)CN(C)C(=O)CCc1cccs1. The van der Waals surface area contributed by atoms with Crippen molar-refractivity contribution < 1.29 is 14.3 Å². The van der Waals surface area contributed by atoms with Crippen LogP contribution in [0.5, 0.6) is 0 Å². The van der Waals surface area contributed by atoms with Crippen LogP contribution in [0, 0.1) is 5.92 Å². The van der Waals surface area contributed by atoms with Crippen molar-refractivity contribution in [2.45, 2.75) is 19.8 Å². The molecule has 0 aliphatic rings. The first-order chi connectivity index (χ1) is 8.54. The Hall–Kier alpha value is -1.36. The van der Waals surface area contributed by atoms with Gasteiger partial charge in [0, 0.05) is 24.9 Å². The third-order valence-corrected chi connectivity index (χ3v) is 3.68. The summed E-state index contributed by atoms with van der Waals surface area (Å²) in [6.45, 7) is 2.16. The molecule has 18 heavy (non-hydrogen) atoms. The zero-order valence-corrected chi connectivity index (χ0v) is 11.8. The molecule has 0 N–H and O–H groups in total. The Labute approximate surface area is 112 Å². The molecule has 100 valence electrons. The Balaban J connectivity index is 2.34. The molecule has 5 heteroatoms. The molecule has 0 radical (unpaired) electrons. The van der Waals surface area contributed by atoms with Crippen LogP contribution in [0.2, 0.25) is 0 Å². The molecule has 1 heterocycles. The quantitative estimate of drug-likeness (QED) is 0.742. The molecule has 0 aromatic carbocycles. The Kier molecular flexibility index (Phi) is 5.85. The van der Waals surface area contributed by atoms with Gasteiger partial charge in [-0.3, -0.25) is 9.59 Å². The van der Waals surface area contributed by atoms with Crippen LogP contribution in [0.15, 0.2) is 17.5 Å². The highest BCUT2D eigenvalue weighted by molar-refractivity contribution is 7.09. The second-order valence-corrected chi connectivity index (χ2v) is 5.31. The Bertz CT molecular complexity index is 389. The number of carbonyl (C=O) groups excluding carboxylic acids is 2. The van der Waals surface area contributed by atoms with Crippen LogP contribution >= 0.6 is 11.3 Å². The first kappa shape index (κ1) is 14.7. The molecule has 0 bridgehead atoms. The van der Waals surface area contributed by atoms with E-state index in [2.05, 4.69) is 4.74 Å². The van der Waals surface area contributed by atoms with Crippen LogP contribution in [0.1, 0.15) is 18.2 Å². The maximum Gasteiger partial charge on any atom is 0.310 e. The predicted molar refractivity (Wildman–Crippen MR) is 71.5 cm³/mol. The van der Waals surface area contributed by atoms with Crippen LogP contribution in [0.25, 0.3) is 0 Å². The normalized spacial score (nSPS) is 11.9. The van der Waals surface area contributed by atoms with E-state index in [1.807, 2.05) is 17.5 Å². The number of amides is 1. The third-order valence-electron chi connectivity index (χ3n) is 2.74. The van der Waals surface area contributed by atoms with Crippen LogP contribution in [0.4, 0.5) is 0 Å². The first-order valence-corrected chi connectivity index (χ1v) is 6.76. The van der Waals surface area contributed by atoms with Gasteiger partial charge in [0.05, 0.1) is 13.0 Å².